The van der Waals surface area contributed by atoms with E-state index < -0.39 is 47.2 Å². The number of nitrogens with one attached hydrogen (secondary N) is 3. The van der Waals surface area contributed by atoms with Crippen LogP contribution in [-0.2, 0) is 19.2 Å². The predicted octanol–water partition coefficient (Wildman–Crippen LogP) is 2.26. The van der Waals surface area contributed by atoms with Crippen molar-refractivity contribution in [2.24, 2.45) is 0 Å². The molecule has 1 aromatic heterocycles. The Morgan fingerprint density at radius 1 is 1.16 bits per heavy atom. The lowest BCUT2D eigenvalue weighted by Crippen LogP contribution is -2.71. The first-order chi connectivity index (χ1) is 21.2. The van der Waals surface area contributed by atoms with Gasteiger partial charge < -0.3 is 15.7 Å². The van der Waals surface area contributed by atoms with Gasteiger partial charge in [0.05, 0.1) is 0 Å². The number of urea groups is 1. The van der Waals surface area contributed by atoms with Gasteiger partial charge in [-0.2, -0.15) is 5.10 Å². The highest BCUT2D eigenvalue weighted by molar-refractivity contribution is 8.01. The van der Waals surface area contributed by atoms with E-state index in [0.717, 1.165) is 10.5 Å². The number of aromatic nitrogens is 3. The number of carbonyl (C=O) groups excluding carboxylic acids is 4. The SMILES string of the molecule is CN(C(=O)C=Cc1ccccc1)C(=O)NC(C(=O)NC1C(=O)N2C(C(=O)O)=C(CSc3ncn[nH]3)CS[C@@H]12)c1ccccc1. The lowest BCUT2D eigenvalue weighted by Gasteiger charge is -2.49. The molecular weight excluding hydrogens is 606 g/mol. The van der Waals surface area contributed by atoms with Crippen LogP contribution in [0.3, 0.4) is 0 Å². The minimum absolute atomic E-state index is 0.118. The van der Waals surface area contributed by atoms with Gasteiger partial charge >= 0.3 is 12.0 Å². The predicted molar refractivity (Wildman–Crippen MR) is 163 cm³/mol. The molecule has 15 heteroatoms. The minimum atomic E-state index is -1.25. The highest BCUT2D eigenvalue weighted by atomic mass is 32.2. The molecule has 5 rings (SSSR count). The second-order valence-corrected chi connectivity index (χ2v) is 11.7. The fraction of sp³-hybridized carbons (Fsp3) is 0.207. The van der Waals surface area contributed by atoms with Crippen molar-refractivity contribution in [3.63, 3.8) is 0 Å². The molecule has 2 unspecified atom stereocenters. The van der Waals surface area contributed by atoms with E-state index in [0.29, 0.717) is 22.0 Å². The van der Waals surface area contributed by atoms with Gasteiger partial charge in [0.25, 0.3) is 11.8 Å². The van der Waals surface area contributed by atoms with Crippen LogP contribution in [0.2, 0.25) is 0 Å². The van der Waals surface area contributed by atoms with Crippen LogP contribution in [0.4, 0.5) is 4.79 Å². The van der Waals surface area contributed by atoms with Crippen molar-refractivity contribution in [3.05, 3.63) is 95.5 Å². The zero-order valence-corrected chi connectivity index (χ0v) is 24.9. The highest BCUT2D eigenvalue weighted by Gasteiger charge is 2.54. The largest absolute Gasteiger partial charge is 0.477 e. The van der Waals surface area contributed by atoms with E-state index in [4.69, 9.17) is 0 Å². The number of carbonyl (C=O) groups is 5. The standard InChI is InChI=1S/C29H27N7O6S2/c1-35(20(37)13-12-17-8-4-2-5-9-17)29(42)33-21(18-10-6-3-7-11-18)24(38)32-22-25(39)36-23(27(40)41)19(14-43-26(22)36)15-44-28-30-16-31-34-28/h2-13,16,21-22,26H,14-15H2,1H3,(H,32,38)(H,33,42)(H,40,41)(H,30,31,34)/t21?,22?,26-/m0/s1. The summed E-state index contributed by atoms with van der Waals surface area (Å²) in [6.07, 6.45) is 4.17. The fourth-order valence-corrected chi connectivity index (χ4v) is 6.82. The first-order valence-electron chi connectivity index (χ1n) is 13.3. The first-order valence-corrected chi connectivity index (χ1v) is 15.3. The van der Waals surface area contributed by atoms with Gasteiger partial charge in [-0.1, -0.05) is 72.4 Å². The Balaban J connectivity index is 1.27. The second-order valence-electron chi connectivity index (χ2n) is 9.67. The Labute approximate surface area is 260 Å². The Hall–Kier alpha value is -4.89. The van der Waals surface area contributed by atoms with Crippen LogP contribution in [-0.4, -0.2) is 89.8 Å². The molecule has 1 saturated heterocycles. The number of aliphatic carboxylic acids is 1. The quantitative estimate of drug-likeness (QED) is 0.147. The molecular formula is C29H27N7O6S2. The summed E-state index contributed by atoms with van der Waals surface area (Å²) in [4.78, 5) is 70.7. The first kappa shape index (κ1) is 30.6. The molecule has 5 amide bonds. The number of likely N-dealkylation sites (N-methyl/N-ethyl adjacent to an activating group) is 1. The fourth-order valence-electron chi connectivity index (χ4n) is 4.56. The van der Waals surface area contributed by atoms with Gasteiger partial charge in [-0.15, -0.1) is 11.8 Å². The molecule has 13 nitrogen and oxygen atoms in total. The summed E-state index contributed by atoms with van der Waals surface area (Å²) in [5, 5.41) is 21.5. The summed E-state index contributed by atoms with van der Waals surface area (Å²) in [6, 6.07) is 14.4. The van der Waals surface area contributed by atoms with E-state index in [1.165, 1.54) is 47.9 Å². The number of benzene rings is 2. The zero-order chi connectivity index (χ0) is 31.2. The third-order valence-electron chi connectivity index (χ3n) is 6.84. The van der Waals surface area contributed by atoms with Crippen LogP contribution in [0.15, 0.2) is 89.5 Å². The number of imide groups is 1. The molecule has 3 aromatic rings. The van der Waals surface area contributed by atoms with Gasteiger partial charge in [-0.3, -0.25) is 29.3 Å². The van der Waals surface area contributed by atoms with Crippen LogP contribution < -0.4 is 10.6 Å². The van der Waals surface area contributed by atoms with Crippen LogP contribution in [0.5, 0.6) is 0 Å². The maximum absolute atomic E-state index is 13.5. The molecule has 0 bridgehead atoms. The van der Waals surface area contributed by atoms with Crippen LogP contribution in [0.25, 0.3) is 6.08 Å². The number of H-pyrrole nitrogens is 1. The van der Waals surface area contributed by atoms with Gasteiger partial charge in [-0.05, 0) is 22.8 Å². The third-order valence-corrected chi connectivity index (χ3v) is 9.14. The molecule has 2 aliphatic heterocycles. The lowest BCUT2D eigenvalue weighted by atomic mass is 10.0. The number of nitrogens with zero attached hydrogens (tertiary/aromatic N) is 4. The Morgan fingerprint density at radius 2 is 1.86 bits per heavy atom. The average molecular weight is 634 g/mol. The maximum atomic E-state index is 13.5. The number of carboxylic acid groups (broad SMARTS) is 1. The lowest BCUT2D eigenvalue weighted by molar-refractivity contribution is -0.151. The van der Waals surface area contributed by atoms with Crippen molar-refractivity contribution in [3.8, 4) is 0 Å². The Bertz CT molecular complexity index is 1620. The number of amides is 5. The van der Waals surface area contributed by atoms with E-state index in [2.05, 4.69) is 25.8 Å². The van der Waals surface area contributed by atoms with Crippen LogP contribution >= 0.6 is 23.5 Å². The summed E-state index contributed by atoms with van der Waals surface area (Å²) in [7, 11) is 1.29. The summed E-state index contributed by atoms with van der Waals surface area (Å²) in [5.74, 6) is -2.50. The van der Waals surface area contributed by atoms with Gasteiger partial charge in [0, 0.05) is 24.6 Å². The van der Waals surface area contributed by atoms with Crippen LogP contribution in [0, 0.1) is 0 Å². The van der Waals surface area contributed by atoms with Crippen molar-refractivity contribution in [2.75, 3.05) is 18.6 Å². The number of thioether (sulfide) groups is 2. The molecule has 1 fully saturated rings. The molecule has 0 saturated carbocycles. The van der Waals surface area contributed by atoms with E-state index in [1.807, 2.05) is 18.2 Å². The summed E-state index contributed by atoms with van der Waals surface area (Å²) < 4.78 is 0. The molecule has 3 atom stereocenters. The van der Waals surface area contributed by atoms with Crippen LogP contribution in [0.1, 0.15) is 17.2 Å². The van der Waals surface area contributed by atoms with E-state index >= 15 is 0 Å². The molecule has 4 N–H and O–H groups in total. The minimum Gasteiger partial charge on any atom is -0.477 e. The normalized spacial score (nSPS) is 18.3. The van der Waals surface area contributed by atoms with E-state index in [9.17, 15) is 29.1 Å². The van der Waals surface area contributed by atoms with Crippen molar-refractivity contribution in [1.29, 1.82) is 0 Å². The topological polar surface area (TPSA) is 178 Å². The number of hydrogen-bond acceptors (Lipinski definition) is 9. The maximum Gasteiger partial charge on any atom is 0.352 e. The zero-order valence-electron chi connectivity index (χ0n) is 23.2. The summed E-state index contributed by atoms with van der Waals surface area (Å²) in [5.41, 5.74) is 1.63. The average Bonchev–Trinajstić information content (AvgIpc) is 3.57. The monoisotopic (exact) mass is 633 g/mol. The molecule has 2 aromatic carbocycles. The van der Waals surface area contributed by atoms with Gasteiger partial charge in [0.2, 0.25) is 5.91 Å². The number of rotatable bonds is 10. The molecule has 226 valence electrons. The molecule has 2 aliphatic rings. The molecule has 3 heterocycles. The number of β-lactam (4-membered cyclic amide) rings is 1. The molecule has 0 aliphatic carbocycles. The summed E-state index contributed by atoms with van der Waals surface area (Å²) >= 11 is 2.59. The number of hydrogen-bond donors (Lipinski definition) is 4. The Morgan fingerprint density at radius 3 is 2.52 bits per heavy atom. The highest BCUT2D eigenvalue weighted by Crippen LogP contribution is 2.41. The van der Waals surface area contributed by atoms with Gasteiger partial charge in [-0.25, -0.2) is 14.6 Å². The number of fused-ring (bicyclic) bond motifs is 1. The Kier molecular flexibility index (Phi) is 9.45. The van der Waals surface area contributed by atoms with Crippen molar-refractivity contribution in [2.45, 2.75) is 22.6 Å². The van der Waals surface area contributed by atoms with Crippen molar-refractivity contribution < 1.29 is 29.1 Å². The van der Waals surface area contributed by atoms with E-state index in [-0.39, 0.29) is 11.4 Å². The third kappa shape index (κ3) is 6.68. The second kappa shape index (κ2) is 13.6. The van der Waals surface area contributed by atoms with E-state index in [1.54, 1.807) is 48.5 Å². The smallest absolute Gasteiger partial charge is 0.352 e. The molecule has 0 radical (unpaired) electrons. The van der Waals surface area contributed by atoms with Gasteiger partial charge in [0.15, 0.2) is 5.16 Å². The molecule has 0 spiro atoms. The van der Waals surface area contributed by atoms with Gasteiger partial charge in [0.1, 0.15) is 29.5 Å². The summed E-state index contributed by atoms with van der Waals surface area (Å²) in [6.45, 7) is 0. The number of aromatic amines is 1. The van der Waals surface area contributed by atoms with Crippen molar-refractivity contribution >= 4 is 59.3 Å². The molecule has 44 heavy (non-hydrogen) atoms. The van der Waals surface area contributed by atoms with Crippen molar-refractivity contribution in [1.82, 2.24) is 35.6 Å². The number of carboxylic acids is 1.